The largest absolute Gasteiger partial charge is 0.344 e. The first kappa shape index (κ1) is 21.1. The molecule has 2 heterocycles. The number of amides is 2. The third kappa shape index (κ3) is 4.61. The van der Waals surface area contributed by atoms with Crippen molar-refractivity contribution in [3.63, 3.8) is 0 Å². The predicted octanol–water partition coefficient (Wildman–Crippen LogP) is 2.92. The highest BCUT2D eigenvalue weighted by atomic mass is 35.5. The zero-order chi connectivity index (χ0) is 22.7. The van der Waals surface area contributed by atoms with Gasteiger partial charge in [0, 0.05) is 28.4 Å². The van der Waals surface area contributed by atoms with E-state index in [2.05, 4.69) is 25.9 Å². The maximum absolute atomic E-state index is 12.4. The van der Waals surface area contributed by atoms with Gasteiger partial charge in [-0.1, -0.05) is 23.7 Å². The number of hydrogen-bond acceptors (Lipinski definition) is 6. The van der Waals surface area contributed by atoms with Gasteiger partial charge in [0.15, 0.2) is 0 Å². The number of halogens is 1. The fourth-order valence-electron chi connectivity index (χ4n) is 3.27. The summed E-state index contributed by atoms with van der Waals surface area (Å²) in [5.41, 5.74) is 1.20. The minimum absolute atomic E-state index is 0.128. The summed E-state index contributed by atoms with van der Waals surface area (Å²) in [6.07, 6.45) is 0.781. The zero-order valence-electron chi connectivity index (χ0n) is 16.6. The van der Waals surface area contributed by atoms with E-state index >= 15 is 0 Å². The number of nitrogens with one attached hydrogen (secondary N) is 4. The molecule has 0 spiro atoms. The molecule has 1 aromatic heterocycles. The monoisotopic (exact) mass is 448 g/mol. The van der Waals surface area contributed by atoms with Crippen LogP contribution in [-0.2, 0) is 9.59 Å². The standard InChI is InChI=1S/C22H17ClN6O3/c23-13-3-7-15(8-4-13)26-22-28-19(16(11-24)20(31)29-22)12-1-5-14(6-2-12)25-21(32)17-9-10-18(30)27-17/h1-8,17H,9-10H2,(H,25,32)(H,27,30)(H2,26,28,29,31). The Balaban J connectivity index is 1.58. The second kappa shape index (κ2) is 8.91. The molecule has 1 unspecified atom stereocenters. The van der Waals surface area contributed by atoms with E-state index in [0.717, 1.165) is 0 Å². The molecule has 9 nitrogen and oxygen atoms in total. The Kier molecular flexibility index (Phi) is 5.87. The first-order valence-electron chi connectivity index (χ1n) is 9.70. The van der Waals surface area contributed by atoms with Gasteiger partial charge >= 0.3 is 0 Å². The summed E-state index contributed by atoms with van der Waals surface area (Å²) >= 11 is 5.89. The van der Waals surface area contributed by atoms with Crippen molar-refractivity contribution < 1.29 is 9.59 Å². The number of carbonyl (C=O) groups excluding carboxylic acids is 2. The minimum atomic E-state index is -0.580. The molecule has 1 atom stereocenters. The molecule has 3 aromatic rings. The number of rotatable bonds is 5. The smallest absolute Gasteiger partial charge is 0.270 e. The van der Waals surface area contributed by atoms with Gasteiger partial charge in [-0.3, -0.25) is 19.4 Å². The number of aromatic amines is 1. The normalized spacial score (nSPS) is 15.0. The van der Waals surface area contributed by atoms with Crippen molar-refractivity contribution in [2.45, 2.75) is 18.9 Å². The summed E-state index contributed by atoms with van der Waals surface area (Å²) in [5, 5.41) is 18.4. The van der Waals surface area contributed by atoms with Crippen LogP contribution in [0.1, 0.15) is 18.4 Å². The lowest BCUT2D eigenvalue weighted by molar-refractivity contribution is -0.122. The molecule has 1 aliphatic rings. The molecule has 160 valence electrons. The lowest BCUT2D eigenvalue weighted by Gasteiger charge is -2.12. The summed E-state index contributed by atoms with van der Waals surface area (Å²) in [6, 6.07) is 14.7. The van der Waals surface area contributed by atoms with Crippen LogP contribution in [0.15, 0.2) is 53.3 Å². The highest BCUT2D eigenvalue weighted by Crippen LogP contribution is 2.24. The Morgan fingerprint density at radius 1 is 1.09 bits per heavy atom. The fourth-order valence-corrected chi connectivity index (χ4v) is 3.39. The van der Waals surface area contributed by atoms with E-state index in [1.54, 1.807) is 48.5 Å². The van der Waals surface area contributed by atoms with E-state index in [1.165, 1.54) is 0 Å². The van der Waals surface area contributed by atoms with E-state index in [9.17, 15) is 19.6 Å². The average Bonchev–Trinajstić information content (AvgIpc) is 3.22. The summed E-state index contributed by atoms with van der Waals surface area (Å²) in [5.74, 6) is -0.279. The molecule has 2 amide bonds. The molecule has 32 heavy (non-hydrogen) atoms. The van der Waals surface area contributed by atoms with Gasteiger partial charge in [-0.05, 0) is 42.8 Å². The Labute approximate surface area is 187 Å². The van der Waals surface area contributed by atoms with Crippen molar-refractivity contribution in [1.29, 1.82) is 5.26 Å². The van der Waals surface area contributed by atoms with E-state index in [4.69, 9.17) is 11.6 Å². The topological polar surface area (TPSA) is 140 Å². The second-order valence-electron chi connectivity index (χ2n) is 7.11. The van der Waals surface area contributed by atoms with Crippen LogP contribution >= 0.6 is 11.6 Å². The van der Waals surface area contributed by atoms with E-state index < -0.39 is 11.6 Å². The molecule has 1 saturated heterocycles. The molecule has 10 heteroatoms. The van der Waals surface area contributed by atoms with Crippen LogP contribution in [0.2, 0.25) is 5.02 Å². The summed E-state index contributed by atoms with van der Waals surface area (Å²) in [4.78, 5) is 42.9. The lowest BCUT2D eigenvalue weighted by atomic mass is 10.1. The molecule has 2 aromatic carbocycles. The van der Waals surface area contributed by atoms with Crippen molar-refractivity contribution in [2.24, 2.45) is 0 Å². The quantitative estimate of drug-likeness (QED) is 0.473. The zero-order valence-corrected chi connectivity index (χ0v) is 17.4. The molecule has 0 bridgehead atoms. The number of carbonyl (C=O) groups is 2. The lowest BCUT2D eigenvalue weighted by Crippen LogP contribution is -2.37. The first-order chi connectivity index (χ1) is 15.4. The molecule has 1 fully saturated rings. The van der Waals surface area contributed by atoms with Crippen molar-refractivity contribution >= 4 is 40.7 Å². The van der Waals surface area contributed by atoms with Gasteiger partial charge in [-0.25, -0.2) is 4.98 Å². The number of H-pyrrole nitrogens is 1. The number of aromatic nitrogens is 2. The Morgan fingerprint density at radius 2 is 1.78 bits per heavy atom. The number of nitrogens with zero attached hydrogens (tertiary/aromatic N) is 2. The van der Waals surface area contributed by atoms with Gasteiger partial charge in [0.2, 0.25) is 17.8 Å². The van der Waals surface area contributed by atoms with Crippen LogP contribution in [0.5, 0.6) is 0 Å². The highest BCUT2D eigenvalue weighted by molar-refractivity contribution is 6.30. The summed E-state index contributed by atoms with van der Waals surface area (Å²) in [6.45, 7) is 0. The van der Waals surface area contributed by atoms with Gasteiger partial charge in [0.05, 0.1) is 5.69 Å². The maximum atomic E-state index is 12.4. The van der Waals surface area contributed by atoms with Crippen LogP contribution in [0.25, 0.3) is 11.3 Å². The molecule has 1 aliphatic heterocycles. The number of nitriles is 1. The van der Waals surface area contributed by atoms with Gasteiger partial charge in [0.1, 0.15) is 17.7 Å². The van der Waals surface area contributed by atoms with Gasteiger partial charge in [-0.15, -0.1) is 0 Å². The van der Waals surface area contributed by atoms with Crippen molar-refractivity contribution in [3.05, 3.63) is 69.5 Å². The van der Waals surface area contributed by atoms with Crippen molar-refractivity contribution in [1.82, 2.24) is 15.3 Å². The maximum Gasteiger partial charge on any atom is 0.270 e. The third-order valence-electron chi connectivity index (χ3n) is 4.88. The fraction of sp³-hybridized carbons (Fsp3) is 0.136. The van der Waals surface area contributed by atoms with E-state index in [0.29, 0.717) is 34.8 Å². The van der Waals surface area contributed by atoms with Crippen LogP contribution < -0.4 is 21.5 Å². The Bertz CT molecular complexity index is 1280. The van der Waals surface area contributed by atoms with Crippen LogP contribution in [0.3, 0.4) is 0 Å². The molecule has 0 aliphatic carbocycles. The number of hydrogen-bond donors (Lipinski definition) is 4. The highest BCUT2D eigenvalue weighted by Gasteiger charge is 2.27. The molecular weight excluding hydrogens is 432 g/mol. The molecule has 0 saturated carbocycles. The summed E-state index contributed by atoms with van der Waals surface area (Å²) in [7, 11) is 0. The van der Waals surface area contributed by atoms with E-state index in [-0.39, 0.29) is 29.0 Å². The molecular formula is C22H17ClN6O3. The van der Waals surface area contributed by atoms with Gasteiger partial charge in [-0.2, -0.15) is 5.26 Å². The number of benzene rings is 2. The van der Waals surface area contributed by atoms with Crippen molar-refractivity contribution in [2.75, 3.05) is 10.6 Å². The van der Waals surface area contributed by atoms with Gasteiger partial charge < -0.3 is 16.0 Å². The Morgan fingerprint density at radius 3 is 2.41 bits per heavy atom. The third-order valence-corrected chi connectivity index (χ3v) is 5.13. The van der Waals surface area contributed by atoms with Crippen LogP contribution in [0, 0.1) is 11.3 Å². The SMILES string of the molecule is N#Cc1c(-c2ccc(NC(=O)C3CCC(=O)N3)cc2)nc(Nc2ccc(Cl)cc2)[nH]c1=O. The molecule has 4 N–H and O–H groups in total. The van der Waals surface area contributed by atoms with Gasteiger partial charge in [0.25, 0.3) is 5.56 Å². The first-order valence-corrected chi connectivity index (χ1v) is 10.1. The second-order valence-corrected chi connectivity index (χ2v) is 7.54. The Hall–Kier alpha value is -4.16. The van der Waals surface area contributed by atoms with Crippen molar-refractivity contribution in [3.8, 4) is 17.3 Å². The van der Waals surface area contributed by atoms with Crippen LogP contribution in [-0.4, -0.2) is 27.8 Å². The minimum Gasteiger partial charge on any atom is -0.344 e. The summed E-state index contributed by atoms with van der Waals surface area (Å²) < 4.78 is 0. The predicted molar refractivity (Wildman–Crippen MR) is 120 cm³/mol. The molecule has 0 radical (unpaired) electrons. The van der Waals surface area contributed by atoms with E-state index in [1.807, 2.05) is 6.07 Å². The average molecular weight is 449 g/mol. The number of anilines is 3. The van der Waals surface area contributed by atoms with Crippen LogP contribution in [0.4, 0.5) is 17.3 Å². The molecule has 4 rings (SSSR count).